The quantitative estimate of drug-likeness (QED) is 0.118. The predicted octanol–water partition coefficient (Wildman–Crippen LogP) is 24.3. The van der Waals surface area contributed by atoms with Crippen LogP contribution in [0.3, 0.4) is 0 Å². The normalized spacial score (nSPS) is 12.9. The highest BCUT2D eigenvalue weighted by Crippen LogP contribution is 2.46. The highest BCUT2D eigenvalue weighted by Gasteiger charge is 2.45. The van der Waals surface area contributed by atoms with Crippen molar-refractivity contribution < 1.29 is 37.9 Å². The summed E-state index contributed by atoms with van der Waals surface area (Å²) in [5, 5.41) is 0. The fourth-order valence-corrected chi connectivity index (χ4v) is 20.3. The van der Waals surface area contributed by atoms with E-state index < -0.39 is 0 Å². The minimum absolute atomic E-state index is 0.0356. The van der Waals surface area contributed by atoms with E-state index >= 15 is 0 Å². The Morgan fingerprint density at radius 2 is 0.376 bits per heavy atom. The fourth-order valence-electron chi connectivity index (χ4n) is 20.3. The molecule has 26 rings (SSSR count). The standard InChI is InChI=1S/C36H31BO2.C30H20BNO2.2C27H21BO2/c1-22(2)24-8-12-26(13-9-24)28-16-18-32-30(20-28)37-31-21-29(27-14-10-25(11-15-27)23(3)4)17-19-33(31)39-35-7-5-6-34(38-32)36(35)37;1-3-11-21(12-4-1)32(22-13-5-2-6-14-22)23-19-28-30-29(20-23)34-27-18-10-8-16-25(27)31(30)24-15-7-9-17-26(24)33-28;1-17(2)18-10-12-19(13-11-18)20-14-15-24-22(16-20)28-21-6-3-4-7-23(21)29-25-8-5-9-26(30-24)27(25)28;1-17(2)18-10-12-19(13-11-18)20-14-15-22-26(16-20)30-25-9-5-8-24-27(25)28(22)21-6-3-4-7-23(21)29-24/h5-23H,1-4H3;1-20H;2*3-17H,1-2H3. The predicted molar refractivity (Wildman–Crippen MR) is 549 cm³/mol. The average molecular weight is 1720 g/mol. The van der Waals surface area contributed by atoms with Gasteiger partial charge in [-0.2, -0.15) is 0 Å². The van der Waals surface area contributed by atoms with Crippen molar-refractivity contribution in [3.05, 3.63) is 417 Å². The molecule has 0 amide bonds. The summed E-state index contributed by atoms with van der Waals surface area (Å²) in [6.07, 6.45) is 0. The van der Waals surface area contributed by atoms with Gasteiger partial charge in [-0.05, 0) is 243 Å². The number of para-hydroxylation sites is 6. The topological polar surface area (TPSA) is 77.1 Å². The van der Waals surface area contributed by atoms with Crippen molar-refractivity contribution in [1.82, 2.24) is 0 Å². The lowest BCUT2D eigenvalue weighted by Crippen LogP contribution is -2.57. The van der Waals surface area contributed by atoms with Crippen LogP contribution in [-0.4, -0.2) is 26.9 Å². The van der Waals surface area contributed by atoms with Crippen molar-refractivity contribution in [3.63, 3.8) is 0 Å². The molecule has 0 N–H and O–H groups in total. The lowest BCUT2D eigenvalue weighted by atomic mass is 9.34. The van der Waals surface area contributed by atoms with Crippen LogP contribution in [0.2, 0.25) is 0 Å². The van der Waals surface area contributed by atoms with Crippen molar-refractivity contribution in [2.24, 2.45) is 0 Å². The zero-order chi connectivity index (χ0) is 89.6. The van der Waals surface area contributed by atoms with Crippen molar-refractivity contribution in [1.29, 1.82) is 0 Å². The van der Waals surface area contributed by atoms with Gasteiger partial charge >= 0.3 is 0 Å². The zero-order valence-electron chi connectivity index (χ0n) is 75.4. The van der Waals surface area contributed by atoms with E-state index in [-0.39, 0.29) is 26.9 Å². The van der Waals surface area contributed by atoms with Crippen LogP contribution in [0.25, 0.3) is 44.5 Å². The summed E-state index contributed by atoms with van der Waals surface area (Å²) in [7, 11) is 0. The SMILES string of the molecule is CC(C)c1ccc(-c2ccc3c(c2)B2c4cc(-c5ccc(C(C)C)cc5)ccc4Oc4cccc(c42)O3)cc1.CC(C)c1ccc(-c2ccc3c(c2)B2c4ccccc4Oc4cccc(c42)O3)cc1.CC(C)c1ccc(-c2ccc3c(c2)Oc2cccc4c2B3c2ccccc2O4)cc1.c1ccc(N(c2ccccc2)c2cc3c4c(c2)Oc2ccccc2B4c2ccccc2O3)cc1. The third kappa shape index (κ3) is 15.0. The van der Waals surface area contributed by atoms with E-state index in [1.807, 2.05) is 84.9 Å². The van der Waals surface area contributed by atoms with Gasteiger partial charge in [0.15, 0.2) is 0 Å². The molecular weight excluding hydrogens is 1630 g/mol. The van der Waals surface area contributed by atoms with Gasteiger partial charge in [0.05, 0.1) is 5.69 Å². The molecule has 13 heteroatoms. The molecule has 638 valence electrons. The van der Waals surface area contributed by atoms with Gasteiger partial charge in [-0.1, -0.05) is 328 Å². The van der Waals surface area contributed by atoms with E-state index in [0.29, 0.717) is 23.7 Å². The summed E-state index contributed by atoms with van der Waals surface area (Å²) < 4.78 is 51.0. The molecule has 8 heterocycles. The Morgan fingerprint density at radius 3 is 0.684 bits per heavy atom. The summed E-state index contributed by atoms with van der Waals surface area (Å²) >= 11 is 0. The lowest BCUT2D eigenvalue weighted by Gasteiger charge is -2.34. The van der Waals surface area contributed by atoms with Gasteiger partial charge in [-0.3, -0.25) is 0 Å². The molecule has 0 saturated carbocycles. The molecule has 0 unspecified atom stereocenters. The molecule has 0 fully saturated rings. The molecule has 8 aliphatic rings. The van der Waals surface area contributed by atoms with Crippen molar-refractivity contribution in [3.8, 4) is 136 Å². The van der Waals surface area contributed by atoms with Crippen LogP contribution in [0.4, 0.5) is 17.1 Å². The second-order valence-electron chi connectivity index (χ2n) is 36.7. The first-order chi connectivity index (χ1) is 65.2. The van der Waals surface area contributed by atoms with Gasteiger partial charge in [-0.25, -0.2) is 0 Å². The van der Waals surface area contributed by atoms with Gasteiger partial charge < -0.3 is 42.8 Å². The Labute approximate surface area is 779 Å². The van der Waals surface area contributed by atoms with E-state index in [0.717, 1.165) is 131 Å². The highest BCUT2D eigenvalue weighted by molar-refractivity contribution is 7.00. The summed E-state index contributed by atoms with van der Waals surface area (Å²) in [5.74, 6) is 16.3. The largest absolute Gasteiger partial charge is 0.458 e. The molecule has 18 aromatic rings. The van der Waals surface area contributed by atoms with Gasteiger partial charge in [0.2, 0.25) is 0 Å². The second-order valence-corrected chi connectivity index (χ2v) is 36.7. The Balaban J connectivity index is 0.000000101. The maximum absolute atomic E-state index is 6.50. The molecule has 0 aliphatic carbocycles. The molecule has 0 aromatic heterocycles. The van der Waals surface area contributed by atoms with Gasteiger partial charge in [0.25, 0.3) is 26.9 Å². The lowest BCUT2D eigenvalue weighted by molar-refractivity contribution is 0.464. The Kier molecular flexibility index (Phi) is 21.0. The molecule has 8 aliphatic heterocycles. The number of anilines is 3. The second kappa shape index (κ2) is 34.1. The van der Waals surface area contributed by atoms with E-state index in [1.165, 1.54) is 110 Å². The fraction of sp³-hybridized carbons (Fsp3) is 0.100. The van der Waals surface area contributed by atoms with Crippen LogP contribution in [0.1, 0.15) is 101 Å². The highest BCUT2D eigenvalue weighted by atomic mass is 16.5. The average Bonchev–Trinajstić information content (AvgIpc) is 0.735. The number of fused-ring (bicyclic) bond motifs is 16. The van der Waals surface area contributed by atoms with Crippen LogP contribution in [0.15, 0.2) is 394 Å². The summed E-state index contributed by atoms with van der Waals surface area (Å²) in [4.78, 5) is 2.24. The monoisotopic (exact) mass is 1720 g/mol. The zero-order valence-corrected chi connectivity index (χ0v) is 75.4. The maximum Gasteiger partial charge on any atom is 0.260 e. The molecule has 18 aromatic carbocycles. The van der Waals surface area contributed by atoms with E-state index in [9.17, 15) is 0 Å². The third-order valence-electron chi connectivity index (χ3n) is 27.2. The van der Waals surface area contributed by atoms with Gasteiger partial charge in [-0.15, -0.1) is 0 Å². The van der Waals surface area contributed by atoms with Gasteiger partial charge in [0, 0.05) is 45.4 Å². The molecule has 9 nitrogen and oxygen atoms in total. The molecule has 0 spiro atoms. The maximum atomic E-state index is 6.50. The molecular formula is C120H93B4NO8. The molecule has 133 heavy (non-hydrogen) atoms. The summed E-state index contributed by atoms with van der Waals surface area (Å²) in [6, 6.07) is 139. The molecule has 0 atom stereocenters. The number of rotatable bonds is 11. The van der Waals surface area contributed by atoms with E-state index in [1.54, 1.807) is 0 Å². The van der Waals surface area contributed by atoms with Crippen molar-refractivity contribution in [2.45, 2.75) is 79.1 Å². The van der Waals surface area contributed by atoms with Crippen molar-refractivity contribution >= 4 is 109 Å². The van der Waals surface area contributed by atoms with Crippen LogP contribution < -0.4 is 108 Å². The number of hydrogen-bond acceptors (Lipinski definition) is 9. The Hall–Kier alpha value is -15.6. The minimum atomic E-state index is 0.0356. The number of nitrogens with zero attached hydrogens (tertiary/aromatic N) is 1. The van der Waals surface area contributed by atoms with E-state index in [4.69, 9.17) is 37.9 Å². The first-order valence-corrected chi connectivity index (χ1v) is 46.4. The summed E-state index contributed by atoms with van der Waals surface area (Å²) in [5.41, 5.74) is 32.1. The van der Waals surface area contributed by atoms with Crippen molar-refractivity contribution in [2.75, 3.05) is 4.90 Å². The van der Waals surface area contributed by atoms with Crippen LogP contribution in [0.5, 0.6) is 92.0 Å². The van der Waals surface area contributed by atoms with Crippen LogP contribution in [-0.2, 0) is 0 Å². The third-order valence-corrected chi connectivity index (χ3v) is 27.2. The summed E-state index contributed by atoms with van der Waals surface area (Å²) in [6.45, 7) is 18.2. The number of hydrogen-bond donors (Lipinski definition) is 0. The first-order valence-electron chi connectivity index (χ1n) is 46.4. The van der Waals surface area contributed by atoms with E-state index in [2.05, 4.69) is 370 Å². The smallest absolute Gasteiger partial charge is 0.260 e. The molecule has 0 radical (unpaired) electrons. The Morgan fingerprint density at radius 1 is 0.158 bits per heavy atom. The minimum Gasteiger partial charge on any atom is -0.458 e. The molecule has 0 bridgehead atoms. The number of ether oxygens (including phenoxy) is 8. The van der Waals surface area contributed by atoms with Crippen LogP contribution >= 0.6 is 0 Å². The number of benzene rings is 18. The Bertz CT molecular complexity index is 7300. The first kappa shape index (κ1) is 81.9. The van der Waals surface area contributed by atoms with Gasteiger partial charge in [0.1, 0.15) is 92.0 Å². The van der Waals surface area contributed by atoms with Crippen LogP contribution in [0, 0.1) is 0 Å². The molecule has 0 saturated heterocycles.